The third-order valence-corrected chi connectivity index (χ3v) is 8.45. The summed E-state index contributed by atoms with van der Waals surface area (Å²) < 4.78 is 5.66. The Hall–Kier alpha value is -5.19. The first-order valence-electron chi connectivity index (χ1n) is 16.3. The van der Waals surface area contributed by atoms with Crippen molar-refractivity contribution in [1.29, 1.82) is 0 Å². The molecule has 246 valence electrons. The molecule has 3 heterocycles. The van der Waals surface area contributed by atoms with Gasteiger partial charge in [-0.2, -0.15) is 5.10 Å². The van der Waals surface area contributed by atoms with Crippen molar-refractivity contribution >= 4 is 29.1 Å². The van der Waals surface area contributed by atoms with Crippen LogP contribution in [0.25, 0.3) is 22.5 Å². The van der Waals surface area contributed by atoms with Crippen LogP contribution in [0.4, 0.5) is 11.4 Å². The van der Waals surface area contributed by atoms with Crippen molar-refractivity contribution in [1.82, 2.24) is 20.1 Å². The molecule has 1 aliphatic heterocycles. The van der Waals surface area contributed by atoms with Crippen molar-refractivity contribution in [3.63, 3.8) is 0 Å². The molecule has 47 heavy (non-hydrogen) atoms. The number of amides is 3. The SMILES string of the molecule is COc1cc(-c2cccc(N3CCN(C(=O)CCCCCCCCC(N)=O)CC3)c2)ccc1NC(=O)c1cccc(-c2ccn[nH]2)n1. The van der Waals surface area contributed by atoms with Crippen LogP contribution in [0.1, 0.15) is 61.9 Å². The van der Waals surface area contributed by atoms with E-state index in [4.69, 9.17) is 10.5 Å². The van der Waals surface area contributed by atoms with Gasteiger partial charge in [0.15, 0.2) is 0 Å². The molecule has 3 amide bonds. The number of methoxy groups -OCH3 is 1. The van der Waals surface area contributed by atoms with Gasteiger partial charge >= 0.3 is 0 Å². The number of carbonyl (C=O) groups excluding carboxylic acids is 3. The van der Waals surface area contributed by atoms with Crippen LogP contribution < -0.4 is 20.7 Å². The average Bonchev–Trinajstić information content (AvgIpc) is 3.65. The predicted octanol–water partition coefficient (Wildman–Crippen LogP) is 5.65. The lowest BCUT2D eigenvalue weighted by Gasteiger charge is -2.36. The first-order chi connectivity index (χ1) is 22.9. The molecule has 0 saturated carbocycles. The molecule has 11 heteroatoms. The Morgan fingerprint density at radius 2 is 1.57 bits per heavy atom. The Morgan fingerprint density at radius 1 is 0.851 bits per heavy atom. The highest BCUT2D eigenvalue weighted by Gasteiger charge is 2.21. The van der Waals surface area contributed by atoms with Crippen molar-refractivity contribution in [2.45, 2.75) is 51.4 Å². The highest BCUT2D eigenvalue weighted by Crippen LogP contribution is 2.33. The van der Waals surface area contributed by atoms with E-state index in [2.05, 4.69) is 43.6 Å². The number of primary amides is 1. The Balaban J connectivity index is 1.13. The van der Waals surface area contributed by atoms with Crippen molar-refractivity contribution in [2.75, 3.05) is 43.5 Å². The highest BCUT2D eigenvalue weighted by atomic mass is 16.5. The van der Waals surface area contributed by atoms with Gasteiger partial charge in [-0.1, -0.05) is 49.9 Å². The molecule has 2 aromatic heterocycles. The smallest absolute Gasteiger partial charge is 0.274 e. The maximum Gasteiger partial charge on any atom is 0.274 e. The second-order valence-corrected chi connectivity index (χ2v) is 11.8. The van der Waals surface area contributed by atoms with Gasteiger partial charge in [-0.15, -0.1) is 0 Å². The van der Waals surface area contributed by atoms with Crippen LogP contribution in [0, 0.1) is 0 Å². The highest BCUT2D eigenvalue weighted by molar-refractivity contribution is 6.04. The topological polar surface area (TPSA) is 147 Å². The Labute approximate surface area is 275 Å². The largest absolute Gasteiger partial charge is 0.495 e. The molecule has 0 spiro atoms. The van der Waals surface area contributed by atoms with E-state index < -0.39 is 0 Å². The van der Waals surface area contributed by atoms with Gasteiger partial charge in [-0.25, -0.2) is 4.98 Å². The quantitative estimate of drug-likeness (QED) is 0.143. The van der Waals surface area contributed by atoms with E-state index in [0.29, 0.717) is 43.1 Å². The van der Waals surface area contributed by atoms with Crippen molar-refractivity contribution in [3.8, 4) is 28.3 Å². The number of aromatic nitrogens is 3. The number of benzene rings is 2. The maximum atomic E-state index is 13.1. The molecule has 4 aromatic rings. The molecule has 0 atom stereocenters. The summed E-state index contributed by atoms with van der Waals surface area (Å²) in [5, 5.41) is 9.75. The minimum atomic E-state index is -0.342. The number of nitrogens with one attached hydrogen (secondary N) is 2. The number of unbranched alkanes of at least 4 members (excludes halogenated alkanes) is 5. The molecule has 11 nitrogen and oxygen atoms in total. The molecule has 2 aromatic carbocycles. The number of nitrogens with zero attached hydrogens (tertiary/aromatic N) is 4. The normalized spacial score (nSPS) is 13.0. The lowest BCUT2D eigenvalue weighted by atomic mass is 10.0. The second-order valence-electron chi connectivity index (χ2n) is 11.8. The zero-order chi connectivity index (χ0) is 33.0. The third kappa shape index (κ3) is 9.18. The molecule has 0 radical (unpaired) electrons. The number of hydrogen-bond donors (Lipinski definition) is 3. The molecular weight excluding hydrogens is 594 g/mol. The molecule has 4 N–H and O–H groups in total. The second kappa shape index (κ2) is 16.4. The maximum absolute atomic E-state index is 13.1. The van der Waals surface area contributed by atoms with Crippen LogP contribution in [0.15, 0.2) is 72.9 Å². The van der Waals surface area contributed by atoms with Gasteiger partial charge in [-0.05, 0) is 66.4 Å². The zero-order valence-electron chi connectivity index (χ0n) is 26.9. The molecule has 0 unspecified atom stereocenters. The predicted molar refractivity (Wildman–Crippen MR) is 183 cm³/mol. The van der Waals surface area contributed by atoms with Crippen LogP contribution in [0.5, 0.6) is 5.75 Å². The molecule has 5 rings (SSSR count). The molecule has 1 fully saturated rings. The first-order valence-corrected chi connectivity index (χ1v) is 16.3. The Bertz CT molecular complexity index is 1650. The van der Waals surface area contributed by atoms with Crippen LogP contribution in [-0.2, 0) is 9.59 Å². The fraction of sp³-hybridized carbons (Fsp3) is 0.361. The number of H-pyrrole nitrogens is 1. The Morgan fingerprint density at radius 3 is 2.30 bits per heavy atom. The molecular formula is C36H43N7O4. The van der Waals surface area contributed by atoms with Crippen LogP contribution in [0.2, 0.25) is 0 Å². The fourth-order valence-electron chi connectivity index (χ4n) is 5.81. The van der Waals surface area contributed by atoms with E-state index >= 15 is 0 Å². The number of nitrogens with two attached hydrogens (primary N) is 1. The van der Waals surface area contributed by atoms with Gasteiger partial charge < -0.3 is 25.6 Å². The summed E-state index contributed by atoms with van der Waals surface area (Å²) in [4.78, 5) is 45.5. The fourth-order valence-corrected chi connectivity index (χ4v) is 5.81. The number of ether oxygens (including phenoxy) is 1. The van der Waals surface area contributed by atoms with Gasteiger partial charge in [0.1, 0.15) is 11.4 Å². The van der Waals surface area contributed by atoms with Crippen LogP contribution in [-0.4, -0.2) is 71.1 Å². The number of piperazine rings is 1. The molecule has 0 bridgehead atoms. The summed E-state index contributed by atoms with van der Waals surface area (Å²) in [7, 11) is 1.58. The summed E-state index contributed by atoms with van der Waals surface area (Å²) in [5.41, 5.74) is 10.5. The van der Waals surface area contributed by atoms with Gasteiger partial charge in [0.05, 0.1) is 24.2 Å². The minimum Gasteiger partial charge on any atom is -0.495 e. The minimum absolute atomic E-state index is 0.229. The van der Waals surface area contributed by atoms with E-state index in [9.17, 15) is 14.4 Å². The van der Waals surface area contributed by atoms with Crippen LogP contribution >= 0.6 is 0 Å². The van der Waals surface area contributed by atoms with Crippen molar-refractivity contribution < 1.29 is 19.1 Å². The van der Waals surface area contributed by atoms with Gasteiger partial charge in [0, 0.05) is 50.9 Å². The number of hydrogen-bond acceptors (Lipinski definition) is 7. The average molecular weight is 638 g/mol. The zero-order valence-corrected chi connectivity index (χ0v) is 26.9. The lowest BCUT2D eigenvalue weighted by Crippen LogP contribution is -2.48. The summed E-state index contributed by atoms with van der Waals surface area (Å²) >= 11 is 0. The van der Waals surface area contributed by atoms with E-state index in [0.717, 1.165) is 74.1 Å². The molecule has 0 aliphatic carbocycles. The van der Waals surface area contributed by atoms with Crippen molar-refractivity contribution in [3.05, 3.63) is 78.6 Å². The monoisotopic (exact) mass is 637 g/mol. The van der Waals surface area contributed by atoms with Gasteiger partial charge in [0.2, 0.25) is 11.8 Å². The summed E-state index contributed by atoms with van der Waals surface area (Å²) in [6.07, 6.45) is 8.64. The standard InChI is InChI=1S/C36H43N7O4/c1-47-33-25-27(16-17-31(33)40-36(46)32-13-9-12-29(39-32)30-18-19-38-41-30)26-10-8-11-28(24-26)42-20-22-43(23-21-42)35(45)15-7-5-3-2-4-6-14-34(37)44/h8-13,16-19,24-25H,2-7,14-15,20-23H2,1H3,(H2,37,44)(H,38,41)(H,40,46). The van der Waals surface area contributed by atoms with Crippen molar-refractivity contribution in [2.24, 2.45) is 5.73 Å². The first kappa shape index (κ1) is 33.2. The van der Waals surface area contributed by atoms with Crippen LogP contribution in [0.3, 0.4) is 0 Å². The van der Waals surface area contributed by atoms with Gasteiger partial charge in [-0.3, -0.25) is 19.5 Å². The van der Waals surface area contributed by atoms with E-state index in [1.165, 1.54) is 0 Å². The van der Waals surface area contributed by atoms with E-state index in [-0.39, 0.29) is 23.4 Å². The Kier molecular flexibility index (Phi) is 11.6. The summed E-state index contributed by atoms with van der Waals surface area (Å²) in [6, 6.07) is 21.1. The molecule has 1 saturated heterocycles. The summed E-state index contributed by atoms with van der Waals surface area (Å²) in [6.45, 7) is 2.97. The number of carbonyl (C=O) groups is 3. The lowest BCUT2D eigenvalue weighted by molar-refractivity contribution is -0.131. The summed E-state index contributed by atoms with van der Waals surface area (Å²) in [5.74, 6) is 0.196. The number of rotatable bonds is 15. The molecule has 1 aliphatic rings. The number of pyridine rings is 1. The number of aromatic amines is 1. The third-order valence-electron chi connectivity index (χ3n) is 8.45. The van der Waals surface area contributed by atoms with E-state index in [1.807, 2.05) is 35.2 Å². The number of anilines is 2. The van der Waals surface area contributed by atoms with E-state index in [1.54, 1.807) is 31.5 Å². The van der Waals surface area contributed by atoms with Gasteiger partial charge in [0.25, 0.3) is 5.91 Å².